The van der Waals surface area contributed by atoms with Crippen LogP contribution < -0.4 is 4.31 Å². The van der Waals surface area contributed by atoms with Gasteiger partial charge in [-0.2, -0.15) is 0 Å². The van der Waals surface area contributed by atoms with Crippen LogP contribution in [0.4, 0.5) is 5.69 Å². The van der Waals surface area contributed by atoms with E-state index in [4.69, 9.17) is 4.74 Å². The molecule has 0 aliphatic carbocycles. The molecule has 0 amide bonds. The molecule has 1 saturated heterocycles. The lowest BCUT2D eigenvalue weighted by Gasteiger charge is -2.37. The van der Waals surface area contributed by atoms with E-state index in [0.29, 0.717) is 25.8 Å². The Labute approximate surface area is 196 Å². The minimum atomic E-state index is -0.610. The Hall–Kier alpha value is -1.57. The Kier molecular flexibility index (Phi) is 8.13. The van der Waals surface area contributed by atoms with Crippen LogP contribution in [-0.2, 0) is 24.2 Å². The molecule has 174 valence electrons. The van der Waals surface area contributed by atoms with E-state index in [1.165, 1.54) is 16.8 Å². The van der Waals surface area contributed by atoms with E-state index in [0.717, 1.165) is 54.8 Å². The SMILES string of the molecule is CCc1ccc2c(c1)CCC(CC)N2Sc1ccc(C(O)CN2CCOCC2)c(CO)c1. The monoisotopic (exact) mass is 456 g/mol. The van der Waals surface area contributed by atoms with E-state index in [1.807, 2.05) is 12.1 Å². The van der Waals surface area contributed by atoms with Crippen molar-refractivity contribution in [2.24, 2.45) is 0 Å². The molecular weight excluding hydrogens is 420 g/mol. The van der Waals surface area contributed by atoms with Crippen molar-refractivity contribution < 1.29 is 14.9 Å². The van der Waals surface area contributed by atoms with Crippen molar-refractivity contribution >= 4 is 17.6 Å². The zero-order chi connectivity index (χ0) is 22.5. The Bertz CT molecular complexity index is 901. The number of hydrogen-bond acceptors (Lipinski definition) is 6. The summed E-state index contributed by atoms with van der Waals surface area (Å²) >= 11 is 1.75. The second kappa shape index (κ2) is 11.0. The molecule has 2 aliphatic rings. The van der Waals surface area contributed by atoms with Crippen LogP contribution in [0, 0.1) is 0 Å². The van der Waals surface area contributed by atoms with Crippen LogP contribution in [0.1, 0.15) is 55.0 Å². The van der Waals surface area contributed by atoms with Gasteiger partial charge < -0.3 is 19.3 Å². The van der Waals surface area contributed by atoms with E-state index in [1.54, 1.807) is 11.9 Å². The van der Waals surface area contributed by atoms with Crippen molar-refractivity contribution in [2.45, 2.75) is 63.2 Å². The minimum Gasteiger partial charge on any atom is -0.392 e. The predicted octanol–water partition coefficient (Wildman–Crippen LogP) is 4.35. The Balaban J connectivity index is 1.53. The molecule has 1 fully saturated rings. The van der Waals surface area contributed by atoms with Gasteiger partial charge in [0.15, 0.2) is 0 Å². The summed E-state index contributed by atoms with van der Waals surface area (Å²) in [6.45, 7) is 8.07. The number of aryl methyl sites for hydroxylation is 2. The maximum Gasteiger partial charge on any atom is 0.0920 e. The number of morpholine rings is 1. The number of benzene rings is 2. The van der Waals surface area contributed by atoms with Crippen LogP contribution in [0.15, 0.2) is 41.3 Å². The molecule has 0 spiro atoms. The number of aliphatic hydroxyl groups excluding tert-OH is 2. The number of nitrogens with zero attached hydrogens (tertiary/aromatic N) is 2. The van der Waals surface area contributed by atoms with Crippen molar-refractivity contribution in [3.63, 3.8) is 0 Å². The topological polar surface area (TPSA) is 56.2 Å². The smallest absolute Gasteiger partial charge is 0.0920 e. The van der Waals surface area contributed by atoms with Gasteiger partial charge in [-0.15, -0.1) is 0 Å². The first-order valence-electron chi connectivity index (χ1n) is 11.9. The summed E-state index contributed by atoms with van der Waals surface area (Å²) in [7, 11) is 0. The molecule has 0 aromatic heterocycles. The van der Waals surface area contributed by atoms with Gasteiger partial charge >= 0.3 is 0 Å². The van der Waals surface area contributed by atoms with Crippen molar-refractivity contribution in [3.8, 4) is 0 Å². The van der Waals surface area contributed by atoms with Crippen LogP contribution in [0.2, 0.25) is 0 Å². The highest BCUT2D eigenvalue weighted by Crippen LogP contribution is 2.40. The third kappa shape index (κ3) is 5.32. The molecule has 4 rings (SSSR count). The Morgan fingerprint density at radius 2 is 1.94 bits per heavy atom. The fourth-order valence-corrected chi connectivity index (χ4v) is 5.98. The highest BCUT2D eigenvalue weighted by Gasteiger charge is 2.27. The summed E-state index contributed by atoms with van der Waals surface area (Å²) in [5.41, 5.74) is 5.77. The fraction of sp³-hybridized carbons (Fsp3) is 0.538. The molecule has 2 aliphatic heterocycles. The van der Waals surface area contributed by atoms with Gasteiger partial charge in [-0.1, -0.05) is 32.0 Å². The second-order valence-corrected chi connectivity index (χ2v) is 9.83. The Morgan fingerprint density at radius 3 is 2.66 bits per heavy atom. The quantitative estimate of drug-likeness (QED) is 0.576. The molecular formula is C26H36N2O3S. The molecule has 2 N–H and O–H groups in total. The highest BCUT2D eigenvalue weighted by atomic mass is 32.2. The maximum atomic E-state index is 10.8. The summed E-state index contributed by atoms with van der Waals surface area (Å²) < 4.78 is 7.86. The van der Waals surface area contributed by atoms with Crippen LogP contribution in [0.3, 0.4) is 0 Å². The number of aliphatic hydroxyl groups is 2. The van der Waals surface area contributed by atoms with Crippen molar-refractivity contribution in [1.29, 1.82) is 0 Å². The highest BCUT2D eigenvalue weighted by molar-refractivity contribution is 8.00. The molecule has 32 heavy (non-hydrogen) atoms. The van der Waals surface area contributed by atoms with E-state index in [9.17, 15) is 10.2 Å². The van der Waals surface area contributed by atoms with E-state index < -0.39 is 6.10 Å². The fourth-order valence-electron chi connectivity index (χ4n) is 4.74. The zero-order valence-corrected chi connectivity index (χ0v) is 20.1. The van der Waals surface area contributed by atoms with Crippen LogP contribution in [0.25, 0.3) is 0 Å². The summed E-state index contributed by atoms with van der Waals surface area (Å²) in [6.07, 6.45) is 3.85. The first-order valence-corrected chi connectivity index (χ1v) is 12.7. The number of anilines is 1. The summed E-state index contributed by atoms with van der Waals surface area (Å²) in [6, 6.07) is 13.5. The van der Waals surface area contributed by atoms with Crippen LogP contribution in [-0.4, -0.2) is 54.0 Å². The normalized spacial score (nSPS) is 20.2. The molecule has 2 aromatic carbocycles. The third-order valence-corrected chi connectivity index (χ3v) is 7.88. The number of rotatable bonds is 8. The summed E-state index contributed by atoms with van der Waals surface area (Å²) in [4.78, 5) is 3.32. The number of β-amino-alcohol motifs (C(OH)–C–C–N with tert-alkyl or cyclic N) is 1. The Morgan fingerprint density at radius 1 is 1.12 bits per heavy atom. The van der Waals surface area contributed by atoms with Gasteiger partial charge in [0.1, 0.15) is 0 Å². The standard InChI is InChI=1S/C26H36N2O3S/c1-3-19-5-10-25-20(15-19)6-7-22(4-2)28(25)32-23-8-9-24(21(16-23)18-29)26(30)17-27-11-13-31-14-12-27/h5,8-10,15-16,22,26,29-30H,3-4,6-7,11-14,17-18H2,1-2H3. The van der Waals surface area contributed by atoms with Gasteiger partial charge in [-0.05, 0) is 78.1 Å². The number of ether oxygens (including phenoxy) is 1. The van der Waals surface area contributed by atoms with Gasteiger partial charge in [0.25, 0.3) is 0 Å². The molecule has 2 heterocycles. The van der Waals surface area contributed by atoms with E-state index in [2.05, 4.69) is 47.3 Å². The molecule has 2 aromatic rings. The summed E-state index contributed by atoms with van der Waals surface area (Å²) in [5, 5.41) is 20.9. The van der Waals surface area contributed by atoms with Crippen molar-refractivity contribution in [1.82, 2.24) is 4.90 Å². The first-order chi connectivity index (χ1) is 15.6. The predicted molar refractivity (Wildman–Crippen MR) is 131 cm³/mol. The number of hydrogen-bond donors (Lipinski definition) is 2. The molecule has 0 radical (unpaired) electrons. The van der Waals surface area contributed by atoms with Crippen molar-refractivity contribution in [3.05, 3.63) is 58.7 Å². The van der Waals surface area contributed by atoms with Crippen molar-refractivity contribution in [2.75, 3.05) is 37.2 Å². The van der Waals surface area contributed by atoms with Gasteiger partial charge in [0, 0.05) is 30.6 Å². The molecule has 2 unspecified atom stereocenters. The lowest BCUT2D eigenvalue weighted by atomic mass is 9.94. The third-order valence-electron chi connectivity index (χ3n) is 6.72. The minimum absolute atomic E-state index is 0.0719. The lowest BCUT2D eigenvalue weighted by molar-refractivity contribution is 0.0140. The molecule has 0 bridgehead atoms. The average molecular weight is 457 g/mol. The number of fused-ring (bicyclic) bond motifs is 1. The van der Waals surface area contributed by atoms with E-state index >= 15 is 0 Å². The van der Waals surface area contributed by atoms with E-state index in [-0.39, 0.29) is 6.61 Å². The maximum absolute atomic E-state index is 10.8. The van der Waals surface area contributed by atoms with Gasteiger partial charge in [-0.25, -0.2) is 0 Å². The molecule has 5 nitrogen and oxygen atoms in total. The van der Waals surface area contributed by atoms with Gasteiger partial charge in [0.05, 0.1) is 31.6 Å². The lowest BCUT2D eigenvalue weighted by Crippen LogP contribution is -2.39. The molecule has 2 atom stereocenters. The second-order valence-electron chi connectivity index (χ2n) is 8.78. The average Bonchev–Trinajstić information content (AvgIpc) is 2.84. The molecule has 0 saturated carbocycles. The van der Waals surface area contributed by atoms with Gasteiger partial charge in [-0.3, -0.25) is 4.90 Å². The largest absolute Gasteiger partial charge is 0.392 e. The molecule has 6 heteroatoms. The van der Waals surface area contributed by atoms with Gasteiger partial charge in [0.2, 0.25) is 0 Å². The van der Waals surface area contributed by atoms with Crippen LogP contribution >= 0.6 is 11.9 Å². The first kappa shape index (κ1) is 23.6. The zero-order valence-electron chi connectivity index (χ0n) is 19.3. The van der Waals surface area contributed by atoms with Crippen LogP contribution in [0.5, 0.6) is 0 Å². The summed E-state index contributed by atoms with van der Waals surface area (Å²) in [5.74, 6) is 0.